The summed E-state index contributed by atoms with van der Waals surface area (Å²) < 4.78 is 0. The summed E-state index contributed by atoms with van der Waals surface area (Å²) in [5.41, 5.74) is 4.90. The Morgan fingerprint density at radius 2 is 1.93 bits per heavy atom. The van der Waals surface area contributed by atoms with Crippen LogP contribution in [0.4, 0.5) is 11.4 Å². The summed E-state index contributed by atoms with van der Waals surface area (Å²) in [4.78, 5) is 16.3. The van der Waals surface area contributed by atoms with Gasteiger partial charge in [-0.3, -0.25) is 9.69 Å². The molecule has 1 fully saturated rings. The highest BCUT2D eigenvalue weighted by molar-refractivity contribution is 6.33. The summed E-state index contributed by atoms with van der Waals surface area (Å²) >= 11 is 6.35. The van der Waals surface area contributed by atoms with Gasteiger partial charge in [0.1, 0.15) is 0 Å². The van der Waals surface area contributed by atoms with Crippen LogP contribution >= 0.6 is 11.6 Å². The topological polar surface area (TPSA) is 35.6 Å². The van der Waals surface area contributed by atoms with Crippen molar-refractivity contribution in [1.82, 2.24) is 4.90 Å². The fraction of sp³-hybridized carbons (Fsp3) is 0.409. The third-order valence-corrected chi connectivity index (χ3v) is 6.03. The van der Waals surface area contributed by atoms with Crippen LogP contribution in [-0.4, -0.2) is 43.5 Å². The van der Waals surface area contributed by atoms with E-state index in [4.69, 9.17) is 11.6 Å². The number of para-hydroxylation sites is 1. The average Bonchev–Trinajstić information content (AvgIpc) is 3.05. The molecule has 5 heteroatoms. The van der Waals surface area contributed by atoms with Gasteiger partial charge in [0.15, 0.2) is 0 Å². The van der Waals surface area contributed by atoms with Gasteiger partial charge in [-0.2, -0.15) is 0 Å². The number of benzene rings is 2. The van der Waals surface area contributed by atoms with E-state index in [-0.39, 0.29) is 5.91 Å². The van der Waals surface area contributed by atoms with Crippen molar-refractivity contribution < 1.29 is 4.79 Å². The number of hydrogen-bond donors (Lipinski definition) is 1. The van der Waals surface area contributed by atoms with E-state index in [1.54, 1.807) is 6.92 Å². The lowest BCUT2D eigenvalue weighted by molar-refractivity contribution is -0.114. The average molecular weight is 384 g/mol. The fourth-order valence-corrected chi connectivity index (χ4v) is 4.60. The molecule has 0 saturated carbocycles. The van der Waals surface area contributed by atoms with Gasteiger partial charge in [0.2, 0.25) is 5.91 Å². The van der Waals surface area contributed by atoms with E-state index in [0.29, 0.717) is 5.92 Å². The zero-order chi connectivity index (χ0) is 18.8. The quantitative estimate of drug-likeness (QED) is 0.861. The summed E-state index contributed by atoms with van der Waals surface area (Å²) in [5, 5.41) is 3.75. The second-order valence-corrected chi connectivity index (χ2v) is 7.98. The second kappa shape index (κ2) is 7.91. The number of fused-ring (bicyclic) bond motifs is 1. The molecule has 1 saturated heterocycles. The highest BCUT2D eigenvalue weighted by Gasteiger charge is 2.27. The fourth-order valence-electron chi connectivity index (χ4n) is 4.35. The number of carbonyl (C=O) groups excluding carboxylic acids is 1. The van der Waals surface area contributed by atoms with Crippen LogP contribution in [0, 0.1) is 0 Å². The third-order valence-electron chi connectivity index (χ3n) is 5.71. The Bertz CT molecular complexity index is 830. The van der Waals surface area contributed by atoms with Gasteiger partial charge in [-0.15, -0.1) is 0 Å². The molecule has 1 heterocycles. The first kappa shape index (κ1) is 18.3. The van der Waals surface area contributed by atoms with Crippen molar-refractivity contribution in [3.8, 4) is 0 Å². The van der Waals surface area contributed by atoms with Crippen LogP contribution in [0.2, 0.25) is 5.02 Å². The SMILES string of the molecule is CC(=O)Nc1ccc2c(c1)C(CN1CCN(c3ccccc3Cl)CC1)CC2. The number of rotatable bonds is 4. The lowest BCUT2D eigenvalue weighted by Gasteiger charge is -2.37. The maximum atomic E-state index is 11.4. The highest BCUT2D eigenvalue weighted by atomic mass is 35.5. The summed E-state index contributed by atoms with van der Waals surface area (Å²) in [6.07, 6.45) is 2.34. The zero-order valence-electron chi connectivity index (χ0n) is 15.7. The molecule has 0 spiro atoms. The summed E-state index contributed by atoms with van der Waals surface area (Å²) in [6, 6.07) is 14.5. The Kier molecular flexibility index (Phi) is 5.37. The molecule has 2 aromatic rings. The van der Waals surface area contributed by atoms with E-state index in [2.05, 4.69) is 39.4 Å². The van der Waals surface area contributed by atoms with Gasteiger partial charge in [-0.1, -0.05) is 29.8 Å². The molecule has 2 aliphatic rings. The largest absolute Gasteiger partial charge is 0.368 e. The van der Waals surface area contributed by atoms with E-state index in [1.165, 1.54) is 17.5 Å². The Morgan fingerprint density at radius 1 is 1.15 bits per heavy atom. The molecule has 2 aromatic carbocycles. The molecule has 0 bridgehead atoms. The van der Waals surface area contributed by atoms with Gasteiger partial charge in [0, 0.05) is 45.3 Å². The van der Waals surface area contributed by atoms with Crippen molar-refractivity contribution in [2.24, 2.45) is 0 Å². The number of halogens is 1. The molecule has 142 valence electrons. The first-order chi connectivity index (χ1) is 13.1. The van der Waals surface area contributed by atoms with Crippen LogP contribution in [0.3, 0.4) is 0 Å². The lowest BCUT2D eigenvalue weighted by atomic mass is 9.99. The number of amides is 1. The van der Waals surface area contributed by atoms with Gasteiger partial charge in [-0.25, -0.2) is 0 Å². The molecule has 1 aliphatic heterocycles. The smallest absolute Gasteiger partial charge is 0.221 e. The van der Waals surface area contributed by atoms with Crippen LogP contribution in [0.25, 0.3) is 0 Å². The first-order valence-electron chi connectivity index (χ1n) is 9.72. The number of carbonyl (C=O) groups is 1. The van der Waals surface area contributed by atoms with Crippen LogP contribution < -0.4 is 10.2 Å². The van der Waals surface area contributed by atoms with Crippen molar-refractivity contribution in [3.63, 3.8) is 0 Å². The number of piperazine rings is 1. The third kappa shape index (κ3) is 4.12. The summed E-state index contributed by atoms with van der Waals surface area (Å²) in [6.45, 7) is 6.78. The molecule has 1 unspecified atom stereocenters. The molecule has 1 aliphatic carbocycles. The summed E-state index contributed by atoms with van der Waals surface area (Å²) in [5.74, 6) is 0.542. The van der Waals surface area contributed by atoms with E-state index in [0.717, 1.165) is 55.5 Å². The standard InChI is InChI=1S/C22H26ClN3O/c1-16(27)24-19-9-8-17-6-7-18(20(17)14-19)15-25-10-12-26(13-11-25)22-5-3-2-4-21(22)23/h2-5,8-9,14,18H,6-7,10-13,15H2,1H3,(H,24,27). The Balaban J connectivity index is 1.38. The van der Waals surface area contributed by atoms with Crippen molar-refractivity contribution in [2.45, 2.75) is 25.7 Å². The van der Waals surface area contributed by atoms with Crippen LogP contribution in [0.5, 0.6) is 0 Å². The second-order valence-electron chi connectivity index (χ2n) is 7.57. The first-order valence-corrected chi connectivity index (χ1v) is 10.1. The van der Waals surface area contributed by atoms with Gasteiger partial charge < -0.3 is 10.2 Å². The van der Waals surface area contributed by atoms with Crippen molar-refractivity contribution in [1.29, 1.82) is 0 Å². The molecule has 4 rings (SSSR count). The van der Waals surface area contributed by atoms with Crippen LogP contribution in [0.1, 0.15) is 30.4 Å². The number of aryl methyl sites for hydroxylation is 1. The maximum Gasteiger partial charge on any atom is 0.221 e. The van der Waals surface area contributed by atoms with Crippen molar-refractivity contribution in [2.75, 3.05) is 42.9 Å². The minimum absolute atomic E-state index is 0.0137. The number of nitrogens with zero attached hydrogens (tertiary/aromatic N) is 2. The number of hydrogen-bond acceptors (Lipinski definition) is 3. The van der Waals surface area contributed by atoms with E-state index in [9.17, 15) is 4.79 Å². The van der Waals surface area contributed by atoms with Crippen molar-refractivity contribution in [3.05, 3.63) is 58.6 Å². The minimum Gasteiger partial charge on any atom is -0.368 e. The normalized spacial score (nSPS) is 19.8. The Hall–Kier alpha value is -2.04. The van der Waals surface area contributed by atoms with Gasteiger partial charge >= 0.3 is 0 Å². The Morgan fingerprint density at radius 3 is 2.67 bits per heavy atom. The molecule has 0 radical (unpaired) electrons. The molecule has 1 amide bonds. The molecule has 27 heavy (non-hydrogen) atoms. The highest BCUT2D eigenvalue weighted by Crippen LogP contribution is 2.36. The van der Waals surface area contributed by atoms with Crippen LogP contribution in [-0.2, 0) is 11.2 Å². The number of nitrogens with one attached hydrogen (secondary N) is 1. The predicted molar refractivity (Wildman–Crippen MR) is 112 cm³/mol. The predicted octanol–water partition coefficient (Wildman–Crippen LogP) is 4.15. The van der Waals surface area contributed by atoms with Crippen LogP contribution in [0.15, 0.2) is 42.5 Å². The Labute approximate surface area is 166 Å². The molecule has 1 atom stereocenters. The number of anilines is 2. The zero-order valence-corrected chi connectivity index (χ0v) is 16.5. The minimum atomic E-state index is -0.0137. The van der Waals surface area contributed by atoms with Crippen molar-refractivity contribution >= 4 is 28.9 Å². The maximum absolute atomic E-state index is 11.4. The summed E-state index contributed by atoms with van der Waals surface area (Å²) in [7, 11) is 0. The molecular formula is C22H26ClN3O. The van der Waals surface area contributed by atoms with Gasteiger partial charge in [0.05, 0.1) is 10.7 Å². The monoisotopic (exact) mass is 383 g/mol. The van der Waals surface area contributed by atoms with Gasteiger partial charge in [0.25, 0.3) is 0 Å². The van der Waals surface area contributed by atoms with Gasteiger partial charge in [-0.05, 0) is 54.2 Å². The molecular weight excluding hydrogens is 358 g/mol. The molecule has 4 nitrogen and oxygen atoms in total. The molecule has 0 aromatic heterocycles. The van der Waals surface area contributed by atoms with E-state index >= 15 is 0 Å². The lowest BCUT2D eigenvalue weighted by Crippen LogP contribution is -2.47. The van der Waals surface area contributed by atoms with E-state index < -0.39 is 0 Å². The molecule has 1 N–H and O–H groups in total. The van der Waals surface area contributed by atoms with E-state index in [1.807, 2.05) is 18.2 Å².